The van der Waals surface area contributed by atoms with E-state index in [4.69, 9.17) is 14.2 Å². The number of hydrogen-bond acceptors (Lipinski definition) is 6. The van der Waals surface area contributed by atoms with E-state index in [1.54, 1.807) is 48.5 Å². The number of ketones is 1. The van der Waals surface area contributed by atoms with Gasteiger partial charge in [-0.25, -0.2) is 0 Å². The zero-order valence-corrected chi connectivity index (χ0v) is 19.0. The first-order chi connectivity index (χ1) is 14.9. The average molecular weight is 484 g/mol. The Bertz CT molecular complexity index is 1170. The van der Waals surface area contributed by atoms with Crippen molar-refractivity contribution in [2.24, 2.45) is 0 Å². The van der Waals surface area contributed by atoms with Gasteiger partial charge in [0.25, 0.3) is 0 Å². The standard InChI is InChI=1S/C24H21BrO6/c1-13(26)18-19(14-9-5-7-11-16(14)29-2)23(31-4)20(22(25)21(18)24(27)28)15-10-6-8-12-17(15)30-3/h5-12H,1-4H3,(H,27,28)/p-1. The Hall–Kier alpha value is -3.32. The summed E-state index contributed by atoms with van der Waals surface area (Å²) in [5.41, 5.74) is 1.52. The van der Waals surface area contributed by atoms with Crippen LogP contribution in [-0.4, -0.2) is 33.1 Å². The van der Waals surface area contributed by atoms with Gasteiger partial charge < -0.3 is 24.1 Å². The van der Waals surface area contributed by atoms with E-state index in [-0.39, 0.29) is 15.6 Å². The number of rotatable bonds is 7. The molecule has 0 fully saturated rings. The number of hydrogen-bond donors (Lipinski definition) is 0. The van der Waals surface area contributed by atoms with Crippen molar-refractivity contribution in [3.05, 3.63) is 64.1 Å². The Balaban J connectivity index is 2.63. The lowest BCUT2D eigenvalue weighted by molar-refractivity contribution is -0.255. The minimum atomic E-state index is -1.49. The normalized spacial score (nSPS) is 10.5. The number of benzene rings is 3. The van der Waals surface area contributed by atoms with Crippen molar-refractivity contribution in [3.8, 4) is 39.5 Å². The molecule has 7 heteroatoms. The molecule has 0 heterocycles. The number of para-hydroxylation sites is 2. The Morgan fingerprint density at radius 3 is 1.68 bits per heavy atom. The van der Waals surface area contributed by atoms with E-state index in [2.05, 4.69) is 15.9 Å². The van der Waals surface area contributed by atoms with E-state index >= 15 is 0 Å². The Kier molecular flexibility index (Phi) is 6.65. The topological polar surface area (TPSA) is 84.9 Å². The molecule has 3 rings (SSSR count). The first kappa shape index (κ1) is 22.4. The molecule has 160 valence electrons. The number of halogens is 1. The lowest BCUT2D eigenvalue weighted by Crippen LogP contribution is -2.26. The van der Waals surface area contributed by atoms with Gasteiger partial charge in [0.1, 0.15) is 17.2 Å². The molecule has 3 aromatic carbocycles. The van der Waals surface area contributed by atoms with Gasteiger partial charge >= 0.3 is 0 Å². The van der Waals surface area contributed by atoms with Crippen molar-refractivity contribution >= 4 is 27.7 Å². The van der Waals surface area contributed by atoms with Crippen LogP contribution in [0.3, 0.4) is 0 Å². The molecule has 0 atom stereocenters. The zero-order valence-electron chi connectivity index (χ0n) is 17.4. The van der Waals surface area contributed by atoms with Gasteiger partial charge in [0, 0.05) is 37.9 Å². The number of methoxy groups -OCH3 is 3. The van der Waals surface area contributed by atoms with Crippen LogP contribution in [0.4, 0.5) is 0 Å². The number of ether oxygens (including phenoxy) is 3. The Morgan fingerprint density at radius 2 is 1.26 bits per heavy atom. The van der Waals surface area contributed by atoms with Crippen LogP contribution in [0.2, 0.25) is 0 Å². The van der Waals surface area contributed by atoms with Crippen molar-refractivity contribution in [1.82, 2.24) is 0 Å². The quantitative estimate of drug-likeness (QED) is 0.463. The predicted molar refractivity (Wildman–Crippen MR) is 119 cm³/mol. The molecule has 6 nitrogen and oxygen atoms in total. The minimum Gasteiger partial charge on any atom is -0.545 e. The number of carbonyl (C=O) groups excluding carboxylic acids is 2. The predicted octanol–water partition coefficient (Wildman–Crippen LogP) is 4.38. The summed E-state index contributed by atoms with van der Waals surface area (Å²) >= 11 is 3.40. The molecule has 31 heavy (non-hydrogen) atoms. The number of Topliss-reactive ketones (excluding diaryl/α,β-unsaturated/α-hetero) is 1. The molecule has 3 aromatic rings. The summed E-state index contributed by atoms with van der Waals surface area (Å²) in [4.78, 5) is 24.9. The van der Waals surface area contributed by atoms with Gasteiger partial charge in [0.15, 0.2) is 5.78 Å². The molecule has 0 aromatic heterocycles. The fourth-order valence-corrected chi connectivity index (χ4v) is 4.40. The molecule has 0 aliphatic carbocycles. The second-order valence-electron chi connectivity index (χ2n) is 6.59. The van der Waals surface area contributed by atoms with Gasteiger partial charge in [-0.1, -0.05) is 36.4 Å². The summed E-state index contributed by atoms with van der Waals surface area (Å²) in [5.74, 6) is -0.679. The average Bonchev–Trinajstić information content (AvgIpc) is 2.77. The van der Waals surface area contributed by atoms with E-state index in [0.29, 0.717) is 39.5 Å². The molecule has 0 aliphatic rings. The minimum absolute atomic E-state index is 0.0353. The van der Waals surface area contributed by atoms with Gasteiger partial charge in [-0.3, -0.25) is 4.79 Å². The van der Waals surface area contributed by atoms with Gasteiger partial charge in [0.2, 0.25) is 0 Å². The molecule has 0 amide bonds. The van der Waals surface area contributed by atoms with Gasteiger partial charge in [-0.05, 0) is 35.0 Å². The van der Waals surface area contributed by atoms with Crippen LogP contribution < -0.4 is 19.3 Å². The highest BCUT2D eigenvalue weighted by Crippen LogP contribution is 2.51. The SMILES string of the molecule is COc1ccccc1-c1c(Br)c(C(=O)[O-])c(C(C)=O)c(-c2ccccc2OC)c1OC. The third kappa shape index (κ3) is 3.88. The van der Waals surface area contributed by atoms with E-state index in [1.807, 2.05) is 0 Å². The van der Waals surface area contributed by atoms with Crippen molar-refractivity contribution in [2.45, 2.75) is 6.92 Å². The summed E-state index contributed by atoms with van der Waals surface area (Å²) in [6.07, 6.45) is 0. The van der Waals surface area contributed by atoms with Crippen LogP contribution in [0.25, 0.3) is 22.3 Å². The summed E-state index contributed by atoms with van der Waals surface area (Å²) < 4.78 is 16.9. The van der Waals surface area contributed by atoms with Gasteiger partial charge in [0.05, 0.1) is 27.3 Å². The number of carboxylic acid groups (broad SMARTS) is 1. The fraction of sp³-hybridized carbons (Fsp3) is 0.167. The van der Waals surface area contributed by atoms with Crippen molar-refractivity contribution < 1.29 is 28.9 Å². The Morgan fingerprint density at radius 1 is 0.774 bits per heavy atom. The second kappa shape index (κ2) is 9.22. The monoisotopic (exact) mass is 483 g/mol. The smallest absolute Gasteiger partial charge is 0.161 e. The lowest BCUT2D eigenvalue weighted by Gasteiger charge is -2.25. The van der Waals surface area contributed by atoms with Crippen molar-refractivity contribution in [2.75, 3.05) is 21.3 Å². The highest BCUT2D eigenvalue weighted by atomic mass is 79.9. The molecular formula is C24H20BrO6-. The molecule has 0 spiro atoms. The largest absolute Gasteiger partial charge is 0.545 e. The van der Waals surface area contributed by atoms with Gasteiger partial charge in [-0.15, -0.1) is 0 Å². The third-order valence-corrected chi connectivity index (χ3v) is 5.70. The summed E-state index contributed by atoms with van der Waals surface area (Å²) in [5, 5.41) is 12.2. The number of carbonyl (C=O) groups is 2. The zero-order chi connectivity index (χ0) is 22.7. The van der Waals surface area contributed by atoms with Crippen LogP contribution in [0, 0.1) is 0 Å². The summed E-state index contributed by atoms with van der Waals surface area (Å²) in [6, 6.07) is 14.1. The molecule has 0 radical (unpaired) electrons. The fourth-order valence-electron chi connectivity index (χ4n) is 3.65. The highest BCUT2D eigenvalue weighted by Gasteiger charge is 2.30. The maximum atomic E-state index is 12.7. The first-order valence-electron chi connectivity index (χ1n) is 9.29. The van der Waals surface area contributed by atoms with Gasteiger partial charge in [-0.2, -0.15) is 0 Å². The van der Waals surface area contributed by atoms with Crippen LogP contribution in [0.5, 0.6) is 17.2 Å². The summed E-state index contributed by atoms with van der Waals surface area (Å²) in [6.45, 7) is 1.30. The lowest BCUT2D eigenvalue weighted by atomic mass is 9.87. The van der Waals surface area contributed by atoms with Crippen molar-refractivity contribution in [3.63, 3.8) is 0 Å². The maximum Gasteiger partial charge on any atom is 0.161 e. The second-order valence-corrected chi connectivity index (χ2v) is 7.38. The highest BCUT2D eigenvalue weighted by molar-refractivity contribution is 9.10. The van der Waals surface area contributed by atoms with Crippen LogP contribution in [-0.2, 0) is 0 Å². The van der Waals surface area contributed by atoms with Crippen LogP contribution >= 0.6 is 15.9 Å². The van der Waals surface area contributed by atoms with Crippen molar-refractivity contribution in [1.29, 1.82) is 0 Å². The third-order valence-electron chi connectivity index (χ3n) is 4.91. The maximum absolute atomic E-state index is 12.7. The van der Waals surface area contributed by atoms with Crippen LogP contribution in [0.15, 0.2) is 53.0 Å². The molecule has 0 saturated heterocycles. The van der Waals surface area contributed by atoms with E-state index in [0.717, 1.165) is 0 Å². The van der Waals surface area contributed by atoms with Crippen LogP contribution in [0.1, 0.15) is 27.6 Å². The number of aromatic carboxylic acids is 1. The number of carboxylic acids is 1. The molecule has 0 bridgehead atoms. The van der Waals surface area contributed by atoms with E-state index in [1.165, 1.54) is 28.3 Å². The summed E-state index contributed by atoms with van der Waals surface area (Å²) in [7, 11) is 4.48. The molecule has 0 N–H and O–H groups in total. The molecule has 0 saturated carbocycles. The van der Waals surface area contributed by atoms with E-state index < -0.39 is 11.8 Å². The first-order valence-corrected chi connectivity index (χ1v) is 10.1. The Labute approximate surface area is 188 Å². The molecule has 0 aliphatic heterocycles. The van der Waals surface area contributed by atoms with E-state index in [9.17, 15) is 14.7 Å². The molecular weight excluding hydrogens is 464 g/mol. The molecule has 0 unspecified atom stereocenters.